The number of hydrogen-bond donors (Lipinski definition) is 0. The average molecular weight is 269 g/mol. The molecule has 0 aromatic carbocycles. The fraction of sp³-hybridized carbons (Fsp3) is 0.167. The Morgan fingerprint density at radius 1 is 1.24 bits per heavy atom. The van der Waals surface area contributed by atoms with E-state index in [2.05, 4.69) is 9.97 Å². The molecule has 2 aromatic heterocycles. The third-order valence-corrected chi connectivity index (χ3v) is 3.13. The van der Waals surface area contributed by atoms with Crippen molar-refractivity contribution in [2.75, 3.05) is 7.11 Å². The molecule has 5 heteroatoms. The van der Waals surface area contributed by atoms with Crippen LogP contribution in [-0.4, -0.2) is 17.1 Å². The first-order valence-electron chi connectivity index (χ1n) is 4.94. The van der Waals surface area contributed by atoms with E-state index in [1.54, 1.807) is 18.5 Å². The van der Waals surface area contributed by atoms with Gasteiger partial charge in [-0.15, -0.1) is 0 Å². The van der Waals surface area contributed by atoms with Gasteiger partial charge in [-0.25, -0.2) is 4.98 Å². The molecule has 0 saturated carbocycles. The molecule has 0 bridgehead atoms. The zero-order valence-corrected chi connectivity index (χ0v) is 10.9. The van der Waals surface area contributed by atoms with Crippen molar-refractivity contribution >= 4 is 23.2 Å². The molecule has 0 N–H and O–H groups in total. The van der Waals surface area contributed by atoms with Crippen LogP contribution in [0.2, 0.25) is 10.0 Å². The monoisotopic (exact) mass is 268 g/mol. The number of rotatable bonds is 2. The van der Waals surface area contributed by atoms with Gasteiger partial charge in [-0.3, -0.25) is 4.98 Å². The topological polar surface area (TPSA) is 35.0 Å². The highest BCUT2D eigenvalue weighted by atomic mass is 35.5. The third kappa shape index (κ3) is 2.35. The summed E-state index contributed by atoms with van der Waals surface area (Å²) in [7, 11) is 1.53. The normalized spacial score (nSPS) is 10.4. The lowest BCUT2D eigenvalue weighted by Gasteiger charge is -2.08. The molecule has 0 fully saturated rings. The second-order valence-electron chi connectivity index (χ2n) is 3.47. The lowest BCUT2D eigenvalue weighted by atomic mass is 10.1. The number of aromatic nitrogens is 2. The van der Waals surface area contributed by atoms with Gasteiger partial charge in [0.1, 0.15) is 5.02 Å². The SMILES string of the molecule is COc1nccc(-c2cnc(C)c(Cl)c2)c1Cl. The minimum Gasteiger partial charge on any atom is -0.480 e. The maximum absolute atomic E-state index is 6.18. The smallest absolute Gasteiger partial charge is 0.232 e. The van der Waals surface area contributed by atoms with Crippen LogP contribution in [0.3, 0.4) is 0 Å². The molecule has 0 aliphatic carbocycles. The lowest BCUT2D eigenvalue weighted by Crippen LogP contribution is -1.91. The fourth-order valence-electron chi connectivity index (χ4n) is 1.44. The molecule has 0 radical (unpaired) electrons. The Morgan fingerprint density at radius 2 is 2.00 bits per heavy atom. The summed E-state index contributed by atoms with van der Waals surface area (Å²) in [6, 6.07) is 3.62. The van der Waals surface area contributed by atoms with Gasteiger partial charge in [0.25, 0.3) is 0 Å². The Hall–Kier alpha value is -1.32. The van der Waals surface area contributed by atoms with Crippen molar-refractivity contribution in [3.63, 3.8) is 0 Å². The molecule has 3 nitrogen and oxygen atoms in total. The molecule has 2 heterocycles. The molecule has 0 atom stereocenters. The average Bonchev–Trinajstić information content (AvgIpc) is 2.33. The van der Waals surface area contributed by atoms with Crippen LogP contribution in [-0.2, 0) is 0 Å². The first-order chi connectivity index (χ1) is 8.13. The van der Waals surface area contributed by atoms with Gasteiger partial charge in [-0.1, -0.05) is 23.2 Å². The van der Waals surface area contributed by atoms with Crippen molar-refractivity contribution in [1.82, 2.24) is 9.97 Å². The minimum absolute atomic E-state index is 0.390. The highest BCUT2D eigenvalue weighted by molar-refractivity contribution is 6.35. The molecule has 0 spiro atoms. The largest absolute Gasteiger partial charge is 0.480 e. The van der Waals surface area contributed by atoms with Gasteiger partial charge >= 0.3 is 0 Å². The quantitative estimate of drug-likeness (QED) is 0.832. The van der Waals surface area contributed by atoms with E-state index < -0.39 is 0 Å². The van der Waals surface area contributed by atoms with Gasteiger partial charge in [0, 0.05) is 23.5 Å². The van der Waals surface area contributed by atoms with Gasteiger partial charge in [0.15, 0.2) is 0 Å². The van der Waals surface area contributed by atoms with Crippen molar-refractivity contribution in [1.29, 1.82) is 0 Å². The first-order valence-corrected chi connectivity index (χ1v) is 5.70. The molecule has 2 rings (SSSR count). The second kappa shape index (κ2) is 4.90. The van der Waals surface area contributed by atoms with Crippen LogP contribution < -0.4 is 4.74 Å². The zero-order valence-electron chi connectivity index (χ0n) is 9.37. The summed E-state index contributed by atoms with van der Waals surface area (Å²) in [5.41, 5.74) is 2.42. The second-order valence-corrected chi connectivity index (χ2v) is 4.26. The van der Waals surface area contributed by atoms with Crippen LogP contribution in [0.25, 0.3) is 11.1 Å². The van der Waals surface area contributed by atoms with Gasteiger partial charge in [-0.05, 0) is 19.1 Å². The van der Waals surface area contributed by atoms with E-state index in [-0.39, 0.29) is 0 Å². The van der Waals surface area contributed by atoms with E-state index >= 15 is 0 Å². The maximum Gasteiger partial charge on any atom is 0.232 e. The Morgan fingerprint density at radius 3 is 2.65 bits per heavy atom. The van der Waals surface area contributed by atoms with Crippen molar-refractivity contribution < 1.29 is 4.74 Å². The highest BCUT2D eigenvalue weighted by Gasteiger charge is 2.11. The number of hydrogen-bond acceptors (Lipinski definition) is 3. The van der Waals surface area contributed by atoms with Crippen LogP contribution in [0.4, 0.5) is 0 Å². The Balaban J connectivity index is 2.56. The van der Waals surface area contributed by atoms with Crippen LogP contribution in [0.15, 0.2) is 24.5 Å². The van der Waals surface area contributed by atoms with Crippen molar-refractivity contribution in [3.05, 3.63) is 40.3 Å². The molecule has 2 aromatic rings. The number of nitrogens with zero attached hydrogens (tertiary/aromatic N) is 2. The summed E-state index contributed by atoms with van der Waals surface area (Å²) in [4.78, 5) is 8.22. The number of methoxy groups -OCH3 is 1. The zero-order chi connectivity index (χ0) is 12.4. The predicted octanol–water partition coefficient (Wildman–Crippen LogP) is 3.77. The first kappa shape index (κ1) is 12.1. The summed E-state index contributed by atoms with van der Waals surface area (Å²) >= 11 is 12.2. The molecule has 0 unspecified atom stereocenters. The third-order valence-electron chi connectivity index (χ3n) is 2.39. The lowest BCUT2D eigenvalue weighted by molar-refractivity contribution is 0.398. The highest BCUT2D eigenvalue weighted by Crippen LogP contribution is 2.34. The van der Waals surface area contributed by atoms with Gasteiger partial charge in [-0.2, -0.15) is 0 Å². The Labute approximate surface area is 109 Å². The predicted molar refractivity (Wildman–Crippen MR) is 68.8 cm³/mol. The standard InChI is InChI=1S/C12H10Cl2N2O/c1-7-10(13)5-8(6-16-7)9-3-4-15-12(17-2)11(9)14/h3-6H,1-2H3. The Kier molecular flexibility index (Phi) is 3.50. The van der Waals surface area contributed by atoms with Gasteiger partial charge in [0.05, 0.1) is 17.8 Å². The molecule has 0 amide bonds. The summed E-state index contributed by atoms with van der Waals surface area (Å²) < 4.78 is 5.06. The summed E-state index contributed by atoms with van der Waals surface area (Å²) in [6.07, 6.45) is 3.36. The molecular weight excluding hydrogens is 259 g/mol. The summed E-state index contributed by atoms with van der Waals surface area (Å²) in [5.74, 6) is 0.390. The van der Waals surface area contributed by atoms with Gasteiger partial charge in [0.2, 0.25) is 5.88 Å². The van der Waals surface area contributed by atoms with E-state index in [9.17, 15) is 0 Å². The minimum atomic E-state index is 0.390. The van der Waals surface area contributed by atoms with E-state index in [0.29, 0.717) is 15.9 Å². The number of halogens is 2. The van der Waals surface area contributed by atoms with Crippen molar-refractivity contribution in [2.24, 2.45) is 0 Å². The van der Waals surface area contributed by atoms with Crippen molar-refractivity contribution in [2.45, 2.75) is 6.92 Å². The summed E-state index contributed by atoms with van der Waals surface area (Å²) in [6.45, 7) is 1.85. The maximum atomic E-state index is 6.18. The van der Waals surface area contributed by atoms with Gasteiger partial charge < -0.3 is 4.74 Å². The number of aryl methyl sites for hydroxylation is 1. The summed E-state index contributed by atoms with van der Waals surface area (Å²) in [5, 5.41) is 1.06. The molecule has 0 aliphatic rings. The molecule has 0 saturated heterocycles. The molecule has 0 aliphatic heterocycles. The fourth-order valence-corrected chi connectivity index (χ4v) is 1.91. The van der Waals surface area contributed by atoms with Crippen molar-refractivity contribution in [3.8, 4) is 17.0 Å². The van der Waals surface area contributed by atoms with E-state index in [1.165, 1.54) is 7.11 Å². The van der Waals surface area contributed by atoms with Crippen LogP contribution >= 0.6 is 23.2 Å². The van der Waals surface area contributed by atoms with E-state index in [4.69, 9.17) is 27.9 Å². The molecule has 88 valence electrons. The van der Waals surface area contributed by atoms with Crippen LogP contribution in [0.1, 0.15) is 5.69 Å². The van der Waals surface area contributed by atoms with E-state index in [1.807, 2.05) is 13.0 Å². The van der Waals surface area contributed by atoms with Crippen LogP contribution in [0.5, 0.6) is 5.88 Å². The van der Waals surface area contributed by atoms with E-state index in [0.717, 1.165) is 16.8 Å². The van der Waals surface area contributed by atoms with Crippen LogP contribution in [0, 0.1) is 6.92 Å². The molecular formula is C12H10Cl2N2O. The number of pyridine rings is 2. The molecule has 17 heavy (non-hydrogen) atoms. The Bertz CT molecular complexity index is 558. The number of ether oxygens (including phenoxy) is 1.